The van der Waals surface area contributed by atoms with E-state index in [1.807, 2.05) is 0 Å². The van der Waals surface area contributed by atoms with E-state index in [4.69, 9.17) is 28.4 Å². The minimum absolute atomic E-state index is 0.246. The molecule has 3 heterocycles. The molecule has 3 saturated heterocycles. The Labute approximate surface area is 417 Å². The highest BCUT2D eigenvalue weighted by Crippen LogP contribution is 2.33. The SMILES string of the molecule is CCCCCCCCCCCCCCCCCCC(O)C(COC1OC(CO)C(OC2OC(CO)C(OC3OC(CO)C(O)C(O)C3O)C(O)C2O)C(O)C1O)NC(=O)CCCCCCCCCCC. The highest BCUT2D eigenvalue weighted by molar-refractivity contribution is 5.76. The number of rotatable bonds is 39. The quantitative estimate of drug-likeness (QED) is 0.0394. The van der Waals surface area contributed by atoms with Crippen LogP contribution in [0.5, 0.6) is 0 Å². The van der Waals surface area contributed by atoms with Crippen LogP contribution >= 0.6 is 0 Å². The van der Waals surface area contributed by atoms with Crippen molar-refractivity contribution in [3.05, 3.63) is 0 Å². The second-order valence-corrected chi connectivity index (χ2v) is 20.1. The van der Waals surface area contributed by atoms with Crippen LogP contribution in [0.4, 0.5) is 0 Å². The Morgan fingerprint density at radius 1 is 0.457 bits per heavy atom. The van der Waals surface area contributed by atoms with E-state index in [2.05, 4.69) is 19.2 Å². The summed E-state index contributed by atoms with van der Waals surface area (Å²) in [6.07, 6.45) is 3.57. The van der Waals surface area contributed by atoms with Crippen LogP contribution in [0.15, 0.2) is 0 Å². The average molecular weight is 1010 g/mol. The van der Waals surface area contributed by atoms with Crippen molar-refractivity contribution in [2.75, 3.05) is 26.4 Å². The minimum atomic E-state index is -1.97. The van der Waals surface area contributed by atoms with Gasteiger partial charge in [0.1, 0.15) is 73.2 Å². The molecule has 0 aliphatic carbocycles. The first-order valence-electron chi connectivity index (χ1n) is 27.3. The van der Waals surface area contributed by atoms with Gasteiger partial charge >= 0.3 is 0 Å². The van der Waals surface area contributed by atoms with Crippen molar-refractivity contribution >= 4 is 5.91 Å². The predicted octanol–water partition coefficient (Wildman–Crippen LogP) is 2.87. The van der Waals surface area contributed by atoms with Gasteiger partial charge in [-0.05, 0) is 12.8 Å². The van der Waals surface area contributed by atoms with Gasteiger partial charge in [-0.1, -0.05) is 168 Å². The normalized spacial score (nSPS) is 32.5. The van der Waals surface area contributed by atoms with Gasteiger partial charge in [-0.25, -0.2) is 0 Å². The predicted molar refractivity (Wildman–Crippen MR) is 259 cm³/mol. The largest absolute Gasteiger partial charge is 0.394 e. The molecule has 3 aliphatic rings. The van der Waals surface area contributed by atoms with Crippen molar-refractivity contribution in [1.82, 2.24) is 5.32 Å². The van der Waals surface area contributed by atoms with Crippen LogP contribution in [0.1, 0.15) is 187 Å². The maximum absolute atomic E-state index is 13.2. The van der Waals surface area contributed by atoms with Crippen molar-refractivity contribution in [3.63, 3.8) is 0 Å². The van der Waals surface area contributed by atoms with Gasteiger partial charge in [0.2, 0.25) is 5.91 Å². The summed E-state index contributed by atoms with van der Waals surface area (Å²) in [7, 11) is 0. The molecule has 17 atom stereocenters. The molecule has 414 valence electrons. The zero-order valence-electron chi connectivity index (χ0n) is 42.5. The van der Waals surface area contributed by atoms with Crippen LogP contribution < -0.4 is 5.32 Å². The second-order valence-electron chi connectivity index (χ2n) is 20.1. The molecular weight excluding hydrogens is 915 g/mol. The van der Waals surface area contributed by atoms with E-state index in [1.165, 1.54) is 109 Å². The maximum atomic E-state index is 13.2. The number of hydrogen-bond donors (Lipinski definition) is 12. The number of nitrogens with one attached hydrogen (secondary N) is 1. The van der Waals surface area contributed by atoms with Gasteiger partial charge in [0.25, 0.3) is 0 Å². The van der Waals surface area contributed by atoms with Crippen molar-refractivity contribution in [1.29, 1.82) is 0 Å². The molecule has 3 aliphatic heterocycles. The van der Waals surface area contributed by atoms with Crippen molar-refractivity contribution in [2.45, 2.75) is 291 Å². The van der Waals surface area contributed by atoms with E-state index < -0.39 is 124 Å². The maximum Gasteiger partial charge on any atom is 0.220 e. The molecule has 0 spiro atoms. The zero-order chi connectivity index (χ0) is 51.3. The fourth-order valence-corrected chi connectivity index (χ4v) is 9.61. The van der Waals surface area contributed by atoms with Crippen LogP contribution in [-0.2, 0) is 33.2 Å². The topological polar surface area (TPSA) is 307 Å². The van der Waals surface area contributed by atoms with Gasteiger partial charge in [0.05, 0.1) is 38.6 Å². The molecule has 0 aromatic heterocycles. The Morgan fingerprint density at radius 3 is 1.24 bits per heavy atom. The third-order valence-electron chi connectivity index (χ3n) is 14.2. The van der Waals surface area contributed by atoms with Crippen molar-refractivity contribution < 1.29 is 89.4 Å². The Morgan fingerprint density at radius 2 is 0.814 bits per heavy atom. The molecule has 0 radical (unpaired) electrons. The van der Waals surface area contributed by atoms with Crippen molar-refractivity contribution in [3.8, 4) is 0 Å². The van der Waals surface area contributed by atoms with E-state index in [9.17, 15) is 61.0 Å². The number of ether oxygens (including phenoxy) is 6. The number of carbonyl (C=O) groups excluding carboxylic acids is 1. The van der Waals surface area contributed by atoms with E-state index in [0.29, 0.717) is 12.8 Å². The van der Waals surface area contributed by atoms with Gasteiger partial charge in [0.15, 0.2) is 18.9 Å². The van der Waals surface area contributed by atoms with E-state index >= 15 is 0 Å². The lowest BCUT2D eigenvalue weighted by Gasteiger charge is -2.48. The molecule has 0 bridgehead atoms. The fourth-order valence-electron chi connectivity index (χ4n) is 9.61. The Balaban J connectivity index is 1.52. The van der Waals surface area contributed by atoms with E-state index in [-0.39, 0.29) is 18.9 Å². The molecule has 0 aromatic rings. The van der Waals surface area contributed by atoms with Crippen LogP contribution in [-0.4, -0.2) is 193 Å². The summed E-state index contributed by atoms with van der Waals surface area (Å²) >= 11 is 0. The van der Waals surface area contributed by atoms with E-state index in [1.54, 1.807) is 0 Å². The summed E-state index contributed by atoms with van der Waals surface area (Å²) in [6.45, 7) is 1.75. The molecule has 3 fully saturated rings. The van der Waals surface area contributed by atoms with Crippen LogP contribution in [0.3, 0.4) is 0 Å². The lowest BCUT2D eigenvalue weighted by molar-refractivity contribution is -0.379. The summed E-state index contributed by atoms with van der Waals surface area (Å²) in [6, 6.07) is -0.877. The molecule has 0 aromatic carbocycles. The standard InChI is InChI=1S/C51H97NO18/c1-3-5-7-9-11-13-14-15-16-17-18-19-21-22-24-26-28-35(56)34(52-39(57)29-27-25-23-20-12-10-8-6-4-2)33-65-49-45(63)42(60)47(37(31-54)67-49)70-51-46(64)43(61)48(38(32-55)68-51)69-50-44(62)41(59)40(58)36(30-53)66-50/h34-38,40-51,53-56,58-64H,3-33H2,1-2H3,(H,52,57). The number of carbonyl (C=O) groups is 1. The Kier molecular flexibility index (Phi) is 33.1. The highest BCUT2D eigenvalue weighted by atomic mass is 16.8. The number of aliphatic hydroxyl groups is 11. The molecule has 1 amide bonds. The minimum Gasteiger partial charge on any atom is -0.394 e. The van der Waals surface area contributed by atoms with Gasteiger partial charge in [-0.3, -0.25) is 4.79 Å². The first-order valence-corrected chi connectivity index (χ1v) is 27.3. The zero-order valence-corrected chi connectivity index (χ0v) is 42.5. The number of amides is 1. The third-order valence-corrected chi connectivity index (χ3v) is 14.2. The molecule has 70 heavy (non-hydrogen) atoms. The van der Waals surface area contributed by atoms with Gasteiger partial charge < -0.3 is 89.9 Å². The number of unbranched alkanes of at least 4 members (excludes halogenated alkanes) is 23. The molecule has 12 N–H and O–H groups in total. The second kappa shape index (κ2) is 36.7. The highest BCUT2D eigenvalue weighted by Gasteiger charge is 2.53. The lowest BCUT2D eigenvalue weighted by atomic mass is 9.96. The fraction of sp³-hybridized carbons (Fsp3) is 0.980. The third kappa shape index (κ3) is 21.9. The molecule has 17 unspecified atom stereocenters. The summed E-state index contributed by atoms with van der Waals surface area (Å²) in [5.74, 6) is -0.246. The van der Waals surface area contributed by atoms with Gasteiger partial charge in [-0.15, -0.1) is 0 Å². The molecule has 3 rings (SSSR count). The monoisotopic (exact) mass is 1010 g/mol. The molecule has 19 nitrogen and oxygen atoms in total. The molecular formula is C51H97NO18. The lowest BCUT2D eigenvalue weighted by Crippen LogP contribution is -2.66. The molecule has 19 heteroatoms. The first-order chi connectivity index (χ1) is 33.8. The Bertz CT molecular complexity index is 1300. The summed E-state index contributed by atoms with van der Waals surface area (Å²) in [5.41, 5.74) is 0. The molecule has 0 saturated carbocycles. The smallest absolute Gasteiger partial charge is 0.220 e. The summed E-state index contributed by atoms with van der Waals surface area (Å²) in [5, 5.41) is 120. The summed E-state index contributed by atoms with van der Waals surface area (Å²) < 4.78 is 34.2. The van der Waals surface area contributed by atoms with Crippen LogP contribution in [0.2, 0.25) is 0 Å². The Hall–Kier alpha value is -1.21. The van der Waals surface area contributed by atoms with Gasteiger partial charge in [-0.2, -0.15) is 0 Å². The number of aliphatic hydroxyl groups excluding tert-OH is 11. The van der Waals surface area contributed by atoms with Crippen molar-refractivity contribution in [2.24, 2.45) is 0 Å². The van der Waals surface area contributed by atoms with E-state index in [0.717, 1.165) is 44.9 Å². The summed E-state index contributed by atoms with van der Waals surface area (Å²) in [4.78, 5) is 13.2. The van der Waals surface area contributed by atoms with Crippen LogP contribution in [0.25, 0.3) is 0 Å². The average Bonchev–Trinajstić information content (AvgIpc) is 3.35. The first kappa shape index (κ1) is 63.1. The number of hydrogen-bond acceptors (Lipinski definition) is 18. The van der Waals surface area contributed by atoms with Crippen LogP contribution in [0, 0.1) is 0 Å². The van der Waals surface area contributed by atoms with Gasteiger partial charge in [0, 0.05) is 6.42 Å².